The molecule has 0 N–H and O–H groups in total. The van der Waals surface area contributed by atoms with Gasteiger partial charge < -0.3 is 9.80 Å². The van der Waals surface area contributed by atoms with Crippen LogP contribution in [0.1, 0.15) is 72.6 Å². The van der Waals surface area contributed by atoms with Crippen LogP contribution in [0, 0.1) is 16.7 Å². The van der Waals surface area contributed by atoms with Gasteiger partial charge in [-0.05, 0) is 88.6 Å². The molecule has 4 fully saturated rings. The topological polar surface area (TPSA) is 9.72 Å². The highest BCUT2D eigenvalue weighted by Crippen LogP contribution is 2.57. The second-order valence-corrected chi connectivity index (χ2v) is 11.8. The summed E-state index contributed by atoms with van der Waals surface area (Å²) in [7, 11) is 0. The van der Waals surface area contributed by atoms with Crippen LogP contribution in [0.4, 0.5) is 4.39 Å². The first-order valence-corrected chi connectivity index (χ1v) is 12.1. The predicted octanol–water partition coefficient (Wildman–Crippen LogP) is 4.42. The van der Waals surface area contributed by atoms with Crippen molar-refractivity contribution in [1.29, 1.82) is 0 Å². The summed E-state index contributed by atoms with van der Waals surface area (Å²) in [5, 5.41) is 0. The zero-order valence-corrected chi connectivity index (χ0v) is 19.0. The lowest BCUT2D eigenvalue weighted by Crippen LogP contribution is -2.60. The second kappa shape index (κ2) is 7.81. The summed E-state index contributed by atoms with van der Waals surface area (Å²) in [6.07, 6.45) is 8.31. The Morgan fingerprint density at radius 2 is 1.29 bits per heavy atom. The standard InChI is InChI=1S/C24H44FN3/c1-20(2)15-22(5-6-22)18-26-11-13-27(14-12-26)19-24(25)16-23(17-24)7-9-28(10-8-23)21(3)4/h20-21H,5-19H2,1-4H3. The molecule has 0 aromatic carbocycles. The molecule has 0 aromatic heterocycles. The predicted molar refractivity (Wildman–Crippen MR) is 115 cm³/mol. The molecule has 0 unspecified atom stereocenters. The van der Waals surface area contributed by atoms with E-state index in [1.807, 2.05) is 0 Å². The van der Waals surface area contributed by atoms with Gasteiger partial charge in [-0.2, -0.15) is 0 Å². The molecule has 3 nitrogen and oxygen atoms in total. The third-order valence-electron chi connectivity index (χ3n) is 8.30. The molecule has 0 aromatic rings. The molecule has 0 radical (unpaired) electrons. The molecule has 28 heavy (non-hydrogen) atoms. The summed E-state index contributed by atoms with van der Waals surface area (Å²) in [6, 6.07) is 0.638. The zero-order chi connectivity index (χ0) is 20.0. The van der Waals surface area contributed by atoms with E-state index in [9.17, 15) is 0 Å². The second-order valence-electron chi connectivity index (χ2n) is 11.8. The molecule has 2 heterocycles. The first-order chi connectivity index (χ1) is 13.2. The number of likely N-dealkylation sites (tertiary alicyclic amines) is 1. The van der Waals surface area contributed by atoms with E-state index in [0.29, 0.717) is 23.4 Å². The fourth-order valence-corrected chi connectivity index (χ4v) is 6.72. The van der Waals surface area contributed by atoms with Gasteiger partial charge in [-0.3, -0.25) is 4.90 Å². The van der Waals surface area contributed by atoms with E-state index in [-0.39, 0.29) is 0 Å². The van der Waals surface area contributed by atoms with Gasteiger partial charge in [-0.25, -0.2) is 4.39 Å². The summed E-state index contributed by atoms with van der Waals surface area (Å²) in [6.45, 7) is 18.0. The van der Waals surface area contributed by atoms with E-state index >= 15 is 4.39 Å². The largest absolute Gasteiger partial charge is 0.301 e. The van der Waals surface area contributed by atoms with Gasteiger partial charge in [0.1, 0.15) is 5.67 Å². The highest BCUT2D eigenvalue weighted by Gasteiger charge is 2.56. The number of alkyl halides is 1. The van der Waals surface area contributed by atoms with Crippen LogP contribution in [-0.2, 0) is 0 Å². The number of nitrogens with zero attached hydrogens (tertiary/aromatic N) is 3. The van der Waals surface area contributed by atoms with Crippen molar-refractivity contribution in [2.45, 2.75) is 84.4 Å². The third-order valence-corrected chi connectivity index (χ3v) is 8.30. The Morgan fingerprint density at radius 1 is 0.750 bits per heavy atom. The van der Waals surface area contributed by atoms with Crippen molar-refractivity contribution in [1.82, 2.24) is 14.7 Å². The summed E-state index contributed by atoms with van der Waals surface area (Å²) >= 11 is 0. The van der Waals surface area contributed by atoms with Crippen molar-refractivity contribution in [2.75, 3.05) is 52.4 Å². The summed E-state index contributed by atoms with van der Waals surface area (Å²) < 4.78 is 15.4. The number of hydrogen-bond acceptors (Lipinski definition) is 3. The van der Waals surface area contributed by atoms with E-state index in [1.54, 1.807) is 0 Å². The molecule has 0 bridgehead atoms. The average Bonchev–Trinajstić information content (AvgIpc) is 3.34. The molecule has 2 aliphatic carbocycles. The van der Waals surface area contributed by atoms with Crippen molar-refractivity contribution in [2.24, 2.45) is 16.7 Å². The number of piperazine rings is 1. The first kappa shape index (κ1) is 21.1. The molecule has 162 valence electrons. The van der Waals surface area contributed by atoms with E-state index < -0.39 is 5.67 Å². The molecule has 2 saturated carbocycles. The highest BCUT2D eigenvalue weighted by atomic mass is 19.1. The van der Waals surface area contributed by atoms with Gasteiger partial charge in [0.25, 0.3) is 0 Å². The minimum atomic E-state index is -0.905. The summed E-state index contributed by atoms with van der Waals surface area (Å²) in [5.74, 6) is 0.813. The highest BCUT2D eigenvalue weighted by molar-refractivity contribution is 5.08. The monoisotopic (exact) mass is 393 g/mol. The van der Waals surface area contributed by atoms with E-state index in [1.165, 1.54) is 51.7 Å². The SMILES string of the molecule is CC(C)CC1(CN2CCN(CC3(F)CC4(CCN(C(C)C)CC4)C3)CC2)CC1. The number of rotatable bonds is 7. The van der Waals surface area contributed by atoms with Gasteiger partial charge in [0.15, 0.2) is 0 Å². The molecular weight excluding hydrogens is 349 g/mol. The van der Waals surface area contributed by atoms with Crippen LogP contribution in [-0.4, -0.2) is 78.8 Å². The molecule has 2 aliphatic heterocycles. The van der Waals surface area contributed by atoms with Crippen molar-refractivity contribution < 1.29 is 4.39 Å². The number of halogens is 1. The summed E-state index contributed by atoms with van der Waals surface area (Å²) in [5.41, 5.74) is 0.0531. The van der Waals surface area contributed by atoms with Gasteiger partial charge in [0, 0.05) is 45.3 Å². The Kier molecular flexibility index (Phi) is 5.88. The fourth-order valence-electron chi connectivity index (χ4n) is 6.72. The molecule has 1 spiro atoms. The zero-order valence-electron chi connectivity index (χ0n) is 19.0. The van der Waals surface area contributed by atoms with Gasteiger partial charge in [-0.1, -0.05) is 13.8 Å². The fraction of sp³-hybridized carbons (Fsp3) is 1.00. The van der Waals surface area contributed by atoms with Crippen molar-refractivity contribution in [3.05, 3.63) is 0 Å². The normalized spacial score (nSPS) is 30.1. The first-order valence-electron chi connectivity index (χ1n) is 12.1. The maximum atomic E-state index is 15.4. The van der Waals surface area contributed by atoms with E-state index in [0.717, 1.165) is 44.9 Å². The van der Waals surface area contributed by atoms with Crippen LogP contribution >= 0.6 is 0 Å². The maximum Gasteiger partial charge on any atom is 0.124 e. The lowest BCUT2D eigenvalue weighted by atomic mass is 9.55. The van der Waals surface area contributed by atoms with Crippen LogP contribution in [0.2, 0.25) is 0 Å². The number of piperidine rings is 1. The summed E-state index contributed by atoms with van der Waals surface area (Å²) in [4.78, 5) is 7.66. The van der Waals surface area contributed by atoms with Gasteiger partial charge in [0.05, 0.1) is 0 Å². The molecule has 0 atom stereocenters. The third kappa shape index (κ3) is 4.75. The molecule has 0 amide bonds. The van der Waals surface area contributed by atoms with E-state index in [4.69, 9.17) is 0 Å². The van der Waals surface area contributed by atoms with Crippen molar-refractivity contribution in [3.63, 3.8) is 0 Å². The lowest BCUT2D eigenvalue weighted by molar-refractivity contribution is -0.117. The molecule has 4 heteroatoms. The Hall–Kier alpha value is -0.190. The smallest absolute Gasteiger partial charge is 0.124 e. The van der Waals surface area contributed by atoms with E-state index in [2.05, 4.69) is 42.4 Å². The maximum absolute atomic E-state index is 15.4. The molecule has 4 rings (SSSR count). The molecule has 2 saturated heterocycles. The molecule has 4 aliphatic rings. The van der Waals surface area contributed by atoms with Gasteiger partial charge in [-0.15, -0.1) is 0 Å². The quantitative estimate of drug-likeness (QED) is 0.634. The van der Waals surface area contributed by atoms with Crippen molar-refractivity contribution in [3.8, 4) is 0 Å². The lowest BCUT2D eigenvalue weighted by Gasteiger charge is -2.57. The van der Waals surface area contributed by atoms with Crippen LogP contribution in [0.5, 0.6) is 0 Å². The molecular formula is C24H44FN3. The Labute approximate surface area is 173 Å². The minimum Gasteiger partial charge on any atom is -0.301 e. The van der Waals surface area contributed by atoms with Crippen LogP contribution in [0.3, 0.4) is 0 Å². The Morgan fingerprint density at radius 3 is 1.75 bits per heavy atom. The minimum absolute atomic E-state index is 0.331. The Balaban J connectivity index is 1.18. The average molecular weight is 394 g/mol. The van der Waals surface area contributed by atoms with Crippen LogP contribution < -0.4 is 0 Å². The van der Waals surface area contributed by atoms with Crippen LogP contribution in [0.15, 0.2) is 0 Å². The Bertz CT molecular complexity index is 518. The van der Waals surface area contributed by atoms with Crippen molar-refractivity contribution >= 4 is 0 Å². The van der Waals surface area contributed by atoms with Gasteiger partial charge >= 0.3 is 0 Å². The van der Waals surface area contributed by atoms with Crippen LogP contribution in [0.25, 0.3) is 0 Å². The van der Waals surface area contributed by atoms with Gasteiger partial charge in [0.2, 0.25) is 0 Å². The number of hydrogen-bond donors (Lipinski definition) is 0.